The monoisotopic (exact) mass is 329 g/mol. The number of benzene rings is 2. The molecule has 2 aromatic rings. The van der Waals surface area contributed by atoms with Gasteiger partial charge in [0.05, 0.1) is 17.3 Å². The first-order valence-corrected chi connectivity index (χ1v) is 7.88. The zero-order valence-electron chi connectivity index (χ0n) is 11.1. The average Bonchev–Trinajstić information content (AvgIpc) is 2.42. The number of hydrogen-bond acceptors (Lipinski definition) is 3. The molecule has 0 spiro atoms. The maximum atomic E-state index is 13.7. The van der Waals surface area contributed by atoms with E-state index in [0.29, 0.717) is 11.1 Å². The number of aliphatic hydroxyl groups is 1. The Bertz CT molecular complexity index is 778. The molecule has 2 rings (SSSR count). The summed E-state index contributed by atoms with van der Waals surface area (Å²) in [6.07, 6.45) is 0. The highest BCUT2D eigenvalue weighted by Crippen LogP contribution is 2.26. The van der Waals surface area contributed by atoms with E-state index in [-0.39, 0.29) is 22.2 Å². The average molecular weight is 330 g/mol. The molecular formula is C14H13ClFNO3S. The van der Waals surface area contributed by atoms with Crippen LogP contribution in [0.4, 0.5) is 10.1 Å². The summed E-state index contributed by atoms with van der Waals surface area (Å²) in [6, 6.07) is 8.28. The van der Waals surface area contributed by atoms with Crippen LogP contribution in [-0.2, 0) is 16.6 Å². The van der Waals surface area contributed by atoms with Gasteiger partial charge < -0.3 is 5.11 Å². The molecule has 0 radical (unpaired) electrons. The molecule has 2 N–H and O–H groups in total. The fourth-order valence-electron chi connectivity index (χ4n) is 1.75. The Morgan fingerprint density at radius 3 is 2.57 bits per heavy atom. The van der Waals surface area contributed by atoms with E-state index in [1.54, 1.807) is 13.0 Å². The van der Waals surface area contributed by atoms with Crippen molar-refractivity contribution < 1.29 is 17.9 Å². The lowest BCUT2D eigenvalue weighted by molar-refractivity contribution is 0.281. The molecular weight excluding hydrogens is 317 g/mol. The van der Waals surface area contributed by atoms with Crippen LogP contribution in [0.5, 0.6) is 0 Å². The Morgan fingerprint density at radius 1 is 1.24 bits per heavy atom. The van der Waals surface area contributed by atoms with Crippen molar-refractivity contribution in [1.29, 1.82) is 0 Å². The third kappa shape index (κ3) is 3.53. The largest absolute Gasteiger partial charge is 0.392 e. The maximum Gasteiger partial charge on any atom is 0.263 e. The lowest BCUT2D eigenvalue weighted by Crippen LogP contribution is -2.15. The third-order valence-corrected chi connectivity index (χ3v) is 4.68. The highest BCUT2D eigenvalue weighted by atomic mass is 35.5. The van der Waals surface area contributed by atoms with Crippen molar-refractivity contribution in [2.75, 3.05) is 4.72 Å². The van der Waals surface area contributed by atoms with E-state index in [1.807, 2.05) is 0 Å². The highest BCUT2D eigenvalue weighted by molar-refractivity contribution is 7.92. The van der Waals surface area contributed by atoms with E-state index >= 15 is 0 Å². The molecule has 21 heavy (non-hydrogen) atoms. The fourth-order valence-corrected chi connectivity index (χ4v) is 3.37. The maximum absolute atomic E-state index is 13.7. The molecule has 0 atom stereocenters. The summed E-state index contributed by atoms with van der Waals surface area (Å²) in [5.74, 6) is -0.673. The molecule has 0 saturated heterocycles. The number of sulfonamides is 1. The molecule has 0 heterocycles. The van der Waals surface area contributed by atoms with Gasteiger partial charge in [-0.25, -0.2) is 12.8 Å². The summed E-state index contributed by atoms with van der Waals surface area (Å²) in [5, 5.41) is 9.06. The van der Waals surface area contributed by atoms with Gasteiger partial charge in [0.2, 0.25) is 0 Å². The summed E-state index contributed by atoms with van der Waals surface area (Å²) in [6.45, 7) is 1.38. The smallest absolute Gasteiger partial charge is 0.263 e. The summed E-state index contributed by atoms with van der Waals surface area (Å²) >= 11 is 5.87. The Labute approximate surface area is 127 Å². The number of nitrogens with one attached hydrogen (secondary N) is 1. The van der Waals surface area contributed by atoms with Crippen molar-refractivity contribution >= 4 is 27.3 Å². The second-order valence-electron chi connectivity index (χ2n) is 4.51. The number of halogens is 2. The molecule has 112 valence electrons. The van der Waals surface area contributed by atoms with Crippen molar-refractivity contribution in [3.8, 4) is 0 Å². The topological polar surface area (TPSA) is 66.4 Å². The minimum atomic E-state index is -4.05. The van der Waals surface area contributed by atoms with Crippen molar-refractivity contribution in [2.45, 2.75) is 18.4 Å². The molecule has 7 heteroatoms. The van der Waals surface area contributed by atoms with Crippen molar-refractivity contribution in [3.05, 3.63) is 58.4 Å². The third-order valence-electron chi connectivity index (χ3n) is 2.84. The number of aliphatic hydroxyl groups excluding tert-OH is 1. The van der Waals surface area contributed by atoms with Crippen LogP contribution >= 0.6 is 11.6 Å². The molecule has 0 amide bonds. The Hall–Kier alpha value is -1.63. The summed E-state index contributed by atoms with van der Waals surface area (Å²) in [4.78, 5) is -0.212. The van der Waals surface area contributed by atoms with E-state index in [4.69, 9.17) is 16.7 Å². The molecule has 0 saturated carbocycles. The number of aryl methyl sites for hydroxylation is 1. The van der Waals surface area contributed by atoms with Crippen molar-refractivity contribution in [3.63, 3.8) is 0 Å². The predicted molar refractivity (Wildman–Crippen MR) is 79.3 cm³/mol. The standard InChI is InChI=1S/C14H13ClFNO3S/c1-9-2-5-13(12(16)6-9)17-21(19,20)14-7-10(8-18)3-4-11(14)15/h2-7,17-18H,8H2,1H3. The zero-order valence-corrected chi connectivity index (χ0v) is 12.7. The molecule has 0 aliphatic heterocycles. The zero-order chi connectivity index (χ0) is 15.6. The Morgan fingerprint density at radius 2 is 1.95 bits per heavy atom. The van der Waals surface area contributed by atoms with Gasteiger partial charge >= 0.3 is 0 Å². The molecule has 0 unspecified atom stereocenters. The summed E-state index contributed by atoms with van der Waals surface area (Å²) < 4.78 is 40.5. The van der Waals surface area contributed by atoms with E-state index in [1.165, 1.54) is 30.3 Å². The molecule has 4 nitrogen and oxygen atoms in total. The minimum absolute atomic E-state index is 0.00720. The number of rotatable bonds is 4. The molecule has 0 aromatic heterocycles. The van der Waals surface area contributed by atoms with E-state index < -0.39 is 15.8 Å². The van der Waals surface area contributed by atoms with Gasteiger partial charge in [-0.3, -0.25) is 4.72 Å². The van der Waals surface area contributed by atoms with Crippen LogP contribution in [0.3, 0.4) is 0 Å². The highest BCUT2D eigenvalue weighted by Gasteiger charge is 2.20. The SMILES string of the molecule is Cc1ccc(NS(=O)(=O)c2cc(CO)ccc2Cl)c(F)c1. The number of hydrogen-bond donors (Lipinski definition) is 2. The van der Waals surface area contributed by atoms with Crippen LogP contribution in [0.25, 0.3) is 0 Å². The molecule has 0 bridgehead atoms. The van der Waals surface area contributed by atoms with Gasteiger partial charge in [-0.1, -0.05) is 23.7 Å². The fraction of sp³-hybridized carbons (Fsp3) is 0.143. The van der Waals surface area contributed by atoms with Gasteiger partial charge in [-0.05, 0) is 42.3 Å². The minimum Gasteiger partial charge on any atom is -0.392 e. The number of anilines is 1. The first-order valence-electron chi connectivity index (χ1n) is 6.02. The molecule has 0 aliphatic carbocycles. The lowest BCUT2D eigenvalue weighted by Gasteiger charge is -2.11. The van der Waals surface area contributed by atoms with Crippen molar-refractivity contribution in [1.82, 2.24) is 0 Å². The van der Waals surface area contributed by atoms with Crippen LogP contribution in [0, 0.1) is 12.7 Å². The van der Waals surface area contributed by atoms with Crippen LogP contribution in [0.2, 0.25) is 5.02 Å². The van der Waals surface area contributed by atoms with Gasteiger partial charge in [0.1, 0.15) is 10.7 Å². The van der Waals surface area contributed by atoms with Crippen LogP contribution < -0.4 is 4.72 Å². The molecule has 2 aromatic carbocycles. The Kier molecular flexibility index (Phi) is 4.51. The van der Waals surface area contributed by atoms with Crippen LogP contribution in [0.1, 0.15) is 11.1 Å². The van der Waals surface area contributed by atoms with Gasteiger partial charge in [0.25, 0.3) is 10.0 Å². The first-order chi connectivity index (χ1) is 9.83. The summed E-state index contributed by atoms with van der Waals surface area (Å²) in [7, 11) is -4.05. The van der Waals surface area contributed by atoms with E-state index in [9.17, 15) is 12.8 Å². The molecule has 0 aliphatic rings. The van der Waals surface area contributed by atoms with Crippen LogP contribution in [0.15, 0.2) is 41.3 Å². The van der Waals surface area contributed by atoms with Crippen LogP contribution in [-0.4, -0.2) is 13.5 Å². The predicted octanol–water partition coefficient (Wildman–Crippen LogP) is 3.08. The van der Waals surface area contributed by atoms with Gasteiger partial charge in [0.15, 0.2) is 0 Å². The second kappa shape index (κ2) is 6.01. The summed E-state index contributed by atoms with van der Waals surface area (Å²) in [5.41, 5.74) is 0.908. The van der Waals surface area contributed by atoms with E-state index in [0.717, 1.165) is 0 Å². The quantitative estimate of drug-likeness (QED) is 0.906. The van der Waals surface area contributed by atoms with Gasteiger partial charge in [0, 0.05) is 0 Å². The Balaban J connectivity index is 2.43. The van der Waals surface area contributed by atoms with Gasteiger partial charge in [-0.2, -0.15) is 0 Å². The normalized spacial score (nSPS) is 11.4. The van der Waals surface area contributed by atoms with Crippen molar-refractivity contribution in [2.24, 2.45) is 0 Å². The molecule has 0 fully saturated rings. The first kappa shape index (κ1) is 15.8. The second-order valence-corrected chi connectivity index (χ2v) is 6.57. The van der Waals surface area contributed by atoms with E-state index in [2.05, 4.69) is 4.72 Å². The van der Waals surface area contributed by atoms with Gasteiger partial charge in [-0.15, -0.1) is 0 Å². The lowest BCUT2D eigenvalue weighted by atomic mass is 10.2.